The van der Waals surface area contributed by atoms with E-state index in [1.165, 1.54) is 21.8 Å². The van der Waals surface area contributed by atoms with Gasteiger partial charge in [0, 0.05) is 18.2 Å². The Hall–Kier alpha value is -5.22. The maximum absolute atomic E-state index is 12.8. The Kier molecular flexibility index (Phi) is 9.35. The molecule has 1 heterocycles. The second kappa shape index (κ2) is 13.0. The molecule has 44 heavy (non-hydrogen) atoms. The van der Waals surface area contributed by atoms with Crippen LogP contribution in [0.5, 0.6) is 5.75 Å². The van der Waals surface area contributed by atoms with Crippen LogP contribution >= 0.6 is 12.2 Å². The van der Waals surface area contributed by atoms with Gasteiger partial charge in [0.05, 0.1) is 11.9 Å². The lowest BCUT2D eigenvalue weighted by atomic mass is 9.99. The zero-order chi connectivity index (χ0) is 32.2. The summed E-state index contributed by atoms with van der Waals surface area (Å²) in [7, 11) is 1.56. The highest BCUT2D eigenvalue weighted by Gasteiger charge is 2.31. The van der Waals surface area contributed by atoms with E-state index in [1.807, 2.05) is 25.1 Å². The molecule has 0 spiro atoms. The summed E-state index contributed by atoms with van der Waals surface area (Å²) in [5.74, 6) is -0.757. The van der Waals surface area contributed by atoms with Crippen LogP contribution in [0.1, 0.15) is 52.4 Å². The third-order valence-corrected chi connectivity index (χ3v) is 6.67. The van der Waals surface area contributed by atoms with E-state index in [9.17, 15) is 23.2 Å². The molecule has 13 heteroatoms. The van der Waals surface area contributed by atoms with E-state index in [2.05, 4.69) is 40.2 Å². The molecule has 0 atom stereocenters. The third kappa shape index (κ3) is 7.40. The molecule has 0 aliphatic carbocycles. The number of amides is 1. The highest BCUT2D eigenvalue weighted by atomic mass is 32.1. The van der Waals surface area contributed by atoms with Crippen molar-refractivity contribution in [3.63, 3.8) is 0 Å². The van der Waals surface area contributed by atoms with Gasteiger partial charge >= 0.3 is 6.36 Å². The molecule has 0 radical (unpaired) electrons. The molecule has 0 saturated heterocycles. The van der Waals surface area contributed by atoms with E-state index in [4.69, 9.17) is 18.0 Å². The van der Waals surface area contributed by atoms with Gasteiger partial charge in [-0.3, -0.25) is 9.48 Å². The molecule has 0 fully saturated rings. The molecule has 0 unspecified atom stereocenters. The van der Waals surface area contributed by atoms with Crippen LogP contribution in [-0.4, -0.2) is 33.4 Å². The van der Waals surface area contributed by atoms with Gasteiger partial charge in [-0.1, -0.05) is 50.2 Å². The van der Waals surface area contributed by atoms with E-state index >= 15 is 0 Å². The number of hydrazone groups is 1. The van der Waals surface area contributed by atoms with Gasteiger partial charge in [0.15, 0.2) is 5.11 Å². The first-order valence-electron chi connectivity index (χ1n) is 13.3. The predicted octanol–water partition coefficient (Wildman–Crippen LogP) is 6.63. The summed E-state index contributed by atoms with van der Waals surface area (Å²) in [5.41, 5.74) is 10.8. The number of carbonyl (C=O) groups is 1. The largest absolute Gasteiger partial charge is 0.573 e. The Labute approximate surface area is 257 Å². The average Bonchev–Trinajstić information content (AvgIpc) is 3.27. The van der Waals surface area contributed by atoms with Crippen LogP contribution in [-0.2, 0) is 7.05 Å². The maximum Gasteiger partial charge on any atom is 0.573 e. The Bertz CT molecular complexity index is 1760. The molecule has 226 valence electrons. The monoisotopic (exact) mass is 619 g/mol. The molecular formula is C31H28F3N7O2S. The molecule has 9 nitrogen and oxygen atoms in total. The molecule has 0 saturated carbocycles. The summed E-state index contributed by atoms with van der Waals surface area (Å²) < 4.78 is 42.5. The third-order valence-electron chi connectivity index (χ3n) is 6.49. The Morgan fingerprint density at radius 3 is 2.39 bits per heavy atom. The van der Waals surface area contributed by atoms with Crippen molar-refractivity contribution in [3.8, 4) is 23.1 Å². The highest BCUT2D eigenvalue weighted by Crippen LogP contribution is 2.31. The smallest absolute Gasteiger partial charge is 0.406 e. The maximum atomic E-state index is 12.8. The van der Waals surface area contributed by atoms with Gasteiger partial charge in [0.1, 0.15) is 28.9 Å². The predicted molar refractivity (Wildman–Crippen MR) is 167 cm³/mol. The number of aryl methyl sites for hydroxylation is 2. The number of aromatic nitrogens is 2. The molecule has 4 aromatic rings. The fraction of sp³-hybridized carbons (Fsp3) is 0.194. The Balaban J connectivity index is 1.55. The number of carbonyl (C=O) groups excluding carboxylic acids is 1. The number of rotatable bonds is 8. The van der Waals surface area contributed by atoms with Gasteiger partial charge in [-0.15, -0.1) is 13.2 Å². The van der Waals surface area contributed by atoms with Crippen LogP contribution in [0.25, 0.3) is 11.3 Å². The van der Waals surface area contributed by atoms with Gasteiger partial charge in [-0.2, -0.15) is 15.5 Å². The van der Waals surface area contributed by atoms with Crippen LogP contribution in [0.15, 0.2) is 71.8 Å². The van der Waals surface area contributed by atoms with E-state index in [-0.39, 0.29) is 28.0 Å². The van der Waals surface area contributed by atoms with Crippen molar-refractivity contribution in [2.75, 3.05) is 10.3 Å². The van der Waals surface area contributed by atoms with Crippen LogP contribution in [0.2, 0.25) is 0 Å². The van der Waals surface area contributed by atoms with Crippen LogP contribution < -0.4 is 20.8 Å². The summed E-state index contributed by atoms with van der Waals surface area (Å²) in [4.78, 5) is 12.8. The SMILES string of the molecule is Cc1ccc(C(C)C)c(N(/N=C/c2ccc(-c3nn(C)c(NC(=O)c4ccc(OC(F)(F)F)cc4)c3C#N)cc2)C(N)=S)c1. The summed E-state index contributed by atoms with van der Waals surface area (Å²) in [6, 6.07) is 19.6. The molecule has 0 bridgehead atoms. The van der Waals surface area contributed by atoms with E-state index in [0.717, 1.165) is 34.5 Å². The van der Waals surface area contributed by atoms with Gasteiger partial charge in [0.2, 0.25) is 0 Å². The first-order chi connectivity index (χ1) is 20.8. The van der Waals surface area contributed by atoms with Gasteiger partial charge in [-0.25, -0.2) is 5.01 Å². The minimum atomic E-state index is -4.85. The number of nitrogens with zero attached hydrogens (tertiary/aromatic N) is 5. The number of hydrogen-bond donors (Lipinski definition) is 2. The minimum Gasteiger partial charge on any atom is -0.406 e. The van der Waals surface area contributed by atoms with Crippen molar-refractivity contribution in [2.45, 2.75) is 33.1 Å². The number of alkyl halides is 3. The van der Waals surface area contributed by atoms with Gasteiger partial charge in [0.25, 0.3) is 5.91 Å². The number of halogens is 3. The molecule has 0 aliphatic rings. The molecule has 3 aromatic carbocycles. The molecular weight excluding hydrogens is 591 g/mol. The second-order valence-electron chi connectivity index (χ2n) is 10.1. The molecule has 0 aliphatic heterocycles. The van der Waals surface area contributed by atoms with Crippen molar-refractivity contribution in [1.29, 1.82) is 5.26 Å². The van der Waals surface area contributed by atoms with Crippen LogP contribution in [0.4, 0.5) is 24.7 Å². The van der Waals surface area contributed by atoms with Gasteiger partial charge < -0.3 is 15.8 Å². The summed E-state index contributed by atoms with van der Waals surface area (Å²) in [6.45, 7) is 6.13. The van der Waals surface area contributed by atoms with E-state index < -0.39 is 18.0 Å². The first kappa shape index (κ1) is 31.7. The summed E-state index contributed by atoms with van der Waals surface area (Å²) in [6.07, 6.45) is -3.23. The Morgan fingerprint density at radius 2 is 1.82 bits per heavy atom. The summed E-state index contributed by atoms with van der Waals surface area (Å²) >= 11 is 5.29. The van der Waals surface area contributed by atoms with E-state index in [1.54, 1.807) is 37.5 Å². The molecule has 1 amide bonds. The van der Waals surface area contributed by atoms with Crippen molar-refractivity contribution in [2.24, 2.45) is 17.9 Å². The number of nitriles is 1. The van der Waals surface area contributed by atoms with Gasteiger partial charge in [-0.05, 0) is 72.1 Å². The van der Waals surface area contributed by atoms with Crippen molar-refractivity contribution in [3.05, 3.63) is 94.5 Å². The number of thiocarbonyl (C=S) groups is 1. The lowest BCUT2D eigenvalue weighted by Gasteiger charge is -2.22. The number of nitrogens with one attached hydrogen (secondary N) is 1. The quantitative estimate of drug-likeness (QED) is 0.129. The van der Waals surface area contributed by atoms with Crippen LogP contribution in [0.3, 0.4) is 0 Å². The fourth-order valence-electron chi connectivity index (χ4n) is 4.38. The average molecular weight is 620 g/mol. The lowest BCUT2D eigenvalue weighted by molar-refractivity contribution is -0.274. The number of nitrogens with two attached hydrogens (primary N) is 1. The normalized spacial score (nSPS) is 11.4. The zero-order valence-electron chi connectivity index (χ0n) is 24.2. The number of hydrogen-bond acceptors (Lipinski definition) is 6. The minimum absolute atomic E-state index is 0.0620. The zero-order valence-corrected chi connectivity index (χ0v) is 25.0. The summed E-state index contributed by atoms with van der Waals surface area (Å²) in [5, 5.41) is 23.1. The van der Waals surface area contributed by atoms with Crippen molar-refractivity contribution >= 4 is 41.0 Å². The standard InChI is InChI=1S/C31H28F3N7O2S/c1-18(2)24-14-5-19(3)15-26(24)41(30(36)44)37-17-20-6-8-21(9-7-20)27-25(16-35)28(40(4)39-27)38-29(42)22-10-12-23(13-11-22)43-31(32,33)34/h5-15,17-18H,1-4H3,(H2,36,44)(H,38,42)/b37-17+. The van der Waals surface area contributed by atoms with Crippen molar-refractivity contribution < 1.29 is 22.7 Å². The molecule has 1 aromatic heterocycles. The van der Waals surface area contributed by atoms with Crippen LogP contribution in [0, 0.1) is 18.3 Å². The highest BCUT2D eigenvalue weighted by molar-refractivity contribution is 7.80. The number of ether oxygens (including phenoxy) is 1. The topological polar surface area (TPSA) is 122 Å². The second-order valence-corrected chi connectivity index (χ2v) is 10.5. The number of anilines is 2. The molecule has 4 rings (SSSR count). The number of benzene rings is 3. The molecule has 3 N–H and O–H groups in total. The Morgan fingerprint density at radius 1 is 1.16 bits per heavy atom. The lowest BCUT2D eigenvalue weighted by Crippen LogP contribution is -2.32. The van der Waals surface area contributed by atoms with E-state index in [0.29, 0.717) is 11.3 Å². The fourth-order valence-corrected chi connectivity index (χ4v) is 4.52. The first-order valence-corrected chi connectivity index (χ1v) is 13.7. The van der Waals surface area contributed by atoms with Crippen molar-refractivity contribution in [1.82, 2.24) is 9.78 Å².